The number of pyridine rings is 1. The Balaban J connectivity index is 1.65. The van der Waals surface area contributed by atoms with Crippen molar-refractivity contribution in [2.24, 2.45) is 0 Å². The van der Waals surface area contributed by atoms with Gasteiger partial charge in [0.15, 0.2) is 5.11 Å². The molecule has 0 radical (unpaired) electrons. The summed E-state index contributed by atoms with van der Waals surface area (Å²) in [7, 11) is 4.10. The van der Waals surface area contributed by atoms with Gasteiger partial charge in [-0.3, -0.25) is 4.98 Å². The Morgan fingerprint density at radius 3 is 2.20 bits per heavy atom. The molecule has 2 aromatic carbocycles. The number of thiocarbonyl (C=S) groups is 1. The monoisotopic (exact) mass is 481 g/mol. The summed E-state index contributed by atoms with van der Waals surface area (Å²) in [4.78, 5) is 9.05. The number of nitrogens with zero attached hydrogens (tertiary/aromatic N) is 4. The van der Waals surface area contributed by atoms with Gasteiger partial charge in [-0.05, 0) is 93.1 Å². The Bertz CT molecular complexity index is 1340. The van der Waals surface area contributed by atoms with Gasteiger partial charge in [0.25, 0.3) is 0 Å². The fourth-order valence-corrected chi connectivity index (χ4v) is 5.38. The van der Waals surface area contributed by atoms with Crippen molar-refractivity contribution in [3.8, 4) is 5.69 Å². The third kappa shape index (κ3) is 4.19. The maximum atomic E-state index is 5.92. The molecule has 1 saturated heterocycles. The molecule has 1 aliphatic rings. The normalized spacial score (nSPS) is 17.5. The van der Waals surface area contributed by atoms with Crippen molar-refractivity contribution in [1.82, 2.24) is 14.9 Å². The van der Waals surface area contributed by atoms with Crippen LogP contribution in [-0.2, 0) is 0 Å². The van der Waals surface area contributed by atoms with Gasteiger partial charge in [-0.2, -0.15) is 0 Å². The van der Waals surface area contributed by atoms with E-state index >= 15 is 0 Å². The van der Waals surface area contributed by atoms with E-state index in [4.69, 9.17) is 17.2 Å². The molecule has 0 saturated carbocycles. The van der Waals surface area contributed by atoms with Crippen molar-refractivity contribution >= 4 is 28.7 Å². The van der Waals surface area contributed by atoms with Gasteiger partial charge in [-0.25, -0.2) is 0 Å². The first kappa shape index (κ1) is 23.1. The minimum absolute atomic E-state index is 0.0343. The Morgan fingerprint density at radius 2 is 1.57 bits per heavy atom. The second-order valence-corrected chi connectivity index (χ2v) is 9.79. The van der Waals surface area contributed by atoms with Crippen LogP contribution in [0.25, 0.3) is 5.69 Å². The van der Waals surface area contributed by atoms with Gasteiger partial charge < -0.3 is 19.7 Å². The van der Waals surface area contributed by atoms with Crippen molar-refractivity contribution < 1.29 is 0 Å². The maximum absolute atomic E-state index is 5.92. The number of aromatic nitrogens is 2. The van der Waals surface area contributed by atoms with Crippen molar-refractivity contribution in [2.45, 2.75) is 32.9 Å². The minimum atomic E-state index is -0.0656. The van der Waals surface area contributed by atoms with E-state index in [1.54, 1.807) is 0 Å². The van der Waals surface area contributed by atoms with Gasteiger partial charge in [0.05, 0.1) is 17.8 Å². The van der Waals surface area contributed by atoms with Gasteiger partial charge in [-0.15, -0.1) is 0 Å². The molecule has 2 atom stereocenters. The standard InChI is InChI=1S/C29H31N5S/c1-19-9-11-23(12-10-19)33-20(2)18-25(21(33)3)28-27(26-8-6-7-17-30-26)31-29(35)34(28)24-15-13-22(14-16-24)32(4)5/h6-18,27-28H,1-5H3,(H,31,35)/t27-,28+/m0/s1. The van der Waals surface area contributed by atoms with E-state index in [0.717, 1.165) is 17.1 Å². The summed E-state index contributed by atoms with van der Waals surface area (Å²) in [6, 6.07) is 25.5. The summed E-state index contributed by atoms with van der Waals surface area (Å²) >= 11 is 5.92. The minimum Gasteiger partial charge on any atom is -0.378 e. The molecule has 0 spiro atoms. The van der Waals surface area contributed by atoms with Crippen molar-refractivity contribution in [1.29, 1.82) is 0 Å². The molecule has 0 unspecified atom stereocenters. The fourth-order valence-electron chi connectivity index (χ4n) is 5.04. The van der Waals surface area contributed by atoms with Crippen LogP contribution in [0.15, 0.2) is 79.0 Å². The van der Waals surface area contributed by atoms with Crippen LogP contribution < -0.4 is 15.1 Å². The number of hydrogen-bond donors (Lipinski definition) is 1. The number of aryl methyl sites for hydroxylation is 2. The fraction of sp³-hybridized carbons (Fsp3) is 0.241. The highest BCUT2D eigenvalue weighted by atomic mass is 32.1. The van der Waals surface area contributed by atoms with Crippen LogP contribution in [0, 0.1) is 20.8 Å². The van der Waals surface area contributed by atoms with Crippen LogP contribution in [0.2, 0.25) is 0 Å². The van der Waals surface area contributed by atoms with Crippen LogP contribution in [-0.4, -0.2) is 28.8 Å². The van der Waals surface area contributed by atoms with Crippen molar-refractivity contribution in [3.05, 3.63) is 107 Å². The van der Waals surface area contributed by atoms with E-state index in [-0.39, 0.29) is 12.1 Å². The highest BCUT2D eigenvalue weighted by Gasteiger charge is 2.42. The Kier molecular flexibility index (Phi) is 6.07. The molecule has 0 aliphatic carbocycles. The zero-order chi connectivity index (χ0) is 24.7. The van der Waals surface area contributed by atoms with E-state index in [1.165, 1.54) is 28.2 Å². The summed E-state index contributed by atoms with van der Waals surface area (Å²) in [6.45, 7) is 6.49. The van der Waals surface area contributed by atoms with Crippen molar-refractivity contribution in [2.75, 3.05) is 23.9 Å². The molecule has 4 aromatic rings. The largest absolute Gasteiger partial charge is 0.378 e. The lowest BCUT2D eigenvalue weighted by molar-refractivity contribution is 0.565. The highest BCUT2D eigenvalue weighted by Crippen LogP contribution is 2.44. The van der Waals surface area contributed by atoms with Gasteiger partial charge >= 0.3 is 0 Å². The zero-order valence-corrected chi connectivity index (χ0v) is 21.7. The number of anilines is 2. The lowest BCUT2D eigenvalue weighted by Gasteiger charge is -2.28. The van der Waals surface area contributed by atoms with E-state index < -0.39 is 0 Å². The molecule has 5 nitrogen and oxygen atoms in total. The van der Waals surface area contributed by atoms with E-state index in [9.17, 15) is 0 Å². The highest BCUT2D eigenvalue weighted by molar-refractivity contribution is 7.80. The number of hydrogen-bond acceptors (Lipinski definition) is 3. The number of nitrogens with one attached hydrogen (secondary N) is 1. The molecule has 0 amide bonds. The lowest BCUT2D eigenvalue weighted by atomic mass is 9.96. The molecule has 1 aliphatic heterocycles. The molecule has 178 valence electrons. The van der Waals surface area contributed by atoms with Crippen LogP contribution in [0.5, 0.6) is 0 Å². The molecule has 1 N–H and O–H groups in total. The Hall–Kier alpha value is -3.64. The van der Waals surface area contributed by atoms with Crippen molar-refractivity contribution in [3.63, 3.8) is 0 Å². The second kappa shape index (κ2) is 9.19. The molecular weight excluding hydrogens is 450 g/mol. The first-order valence-corrected chi connectivity index (χ1v) is 12.3. The topological polar surface area (TPSA) is 36.3 Å². The molecule has 0 bridgehead atoms. The SMILES string of the molecule is Cc1ccc(-n2c(C)cc([C@@H]3[C@H](c4ccccn4)NC(=S)N3c3ccc(N(C)C)cc3)c2C)cc1. The quantitative estimate of drug-likeness (QED) is 0.352. The third-order valence-electron chi connectivity index (χ3n) is 6.82. The second-order valence-electron chi connectivity index (χ2n) is 9.40. The van der Waals surface area contributed by atoms with Gasteiger partial charge in [0, 0.05) is 48.7 Å². The summed E-state index contributed by atoms with van der Waals surface area (Å²) in [5.74, 6) is 0. The van der Waals surface area contributed by atoms with Gasteiger partial charge in [0.1, 0.15) is 0 Å². The van der Waals surface area contributed by atoms with Crippen LogP contribution in [0.1, 0.15) is 40.3 Å². The molecular formula is C29H31N5S. The molecule has 6 heteroatoms. The van der Waals surface area contributed by atoms with E-state index in [2.05, 4.69) is 115 Å². The molecule has 5 rings (SSSR count). The van der Waals surface area contributed by atoms with Crippen LogP contribution in [0.4, 0.5) is 11.4 Å². The molecule has 1 fully saturated rings. The van der Waals surface area contributed by atoms with E-state index in [0.29, 0.717) is 5.11 Å². The predicted molar refractivity (Wildman–Crippen MR) is 149 cm³/mol. The van der Waals surface area contributed by atoms with E-state index in [1.807, 2.05) is 18.3 Å². The summed E-state index contributed by atoms with van der Waals surface area (Å²) < 4.78 is 2.33. The number of rotatable bonds is 5. The predicted octanol–water partition coefficient (Wildman–Crippen LogP) is 6.04. The maximum Gasteiger partial charge on any atom is 0.174 e. The van der Waals surface area contributed by atoms with Gasteiger partial charge in [-0.1, -0.05) is 23.8 Å². The average molecular weight is 482 g/mol. The third-order valence-corrected chi connectivity index (χ3v) is 7.14. The van der Waals surface area contributed by atoms with Crippen LogP contribution >= 0.6 is 12.2 Å². The van der Waals surface area contributed by atoms with Crippen LogP contribution in [0.3, 0.4) is 0 Å². The smallest absolute Gasteiger partial charge is 0.174 e. The summed E-state index contributed by atoms with van der Waals surface area (Å²) in [5.41, 5.74) is 9.26. The first-order valence-electron chi connectivity index (χ1n) is 11.9. The first-order chi connectivity index (χ1) is 16.8. The Labute approximate surface area is 213 Å². The lowest BCUT2D eigenvalue weighted by Crippen LogP contribution is -2.29. The molecule has 2 aromatic heterocycles. The summed E-state index contributed by atoms with van der Waals surface area (Å²) in [6.07, 6.45) is 1.85. The Morgan fingerprint density at radius 1 is 0.886 bits per heavy atom. The zero-order valence-electron chi connectivity index (χ0n) is 20.9. The number of benzene rings is 2. The molecule has 35 heavy (non-hydrogen) atoms. The summed E-state index contributed by atoms with van der Waals surface area (Å²) in [5, 5.41) is 4.29. The van der Waals surface area contributed by atoms with Gasteiger partial charge in [0.2, 0.25) is 0 Å². The molecule has 3 heterocycles. The average Bonchev–Trinajstić information content (AvgIpc) is 3.35.